The maximum Gasteiger partial charge on any atom is 0.248 e. The van der Waals surface area contributed by atoms with Crippen LogP contribution in [0.3, 0.4) is 0 Å². The molecule has 0 saturated carbocycles. The molecule has 1 fully saturated rings. The van der Waals surface area contributed by atoms with Crippen LogP contribution in [0.2, 0.25) is 0 Å². The molecule has 2 aliphatic rings. The number of rotatable bonds is 10. The van der Waals surface area contributed by atoms with Crippen molar-refractivity contribution in [1.82, 2.24) is 14.9 Å². The fraction of sp³-hybridized carbons (Fsp3) is 0.300. The SMILES string of the molecule is C=Cc1cnc(Nc2cc(NC(=O)/C=C/C)c(OC3CCN(C)C3)cc2OC)nc1C(=C)C1=CC(Cl)=CCC1. The molecule has 1 aliphatic carbocycles. The van der Waals surface area contributed by atoms with Gasteiger partial charge in [-0.2, -0.15) is 0 Å². The van der Waals surface area contributed by atoms with E-state index < -0.39 is 0 Å². The summed E-state index contributed by atoms with van der Waals surface area (Å²) >= 11 is 6.25. The Hall–Kier alpha value is -3.88. The summed E-state index contributed by atoms with van der Waals surface area (Å²) in [6.07, 6.45) is 13.0. The van der Waals surface area contributed by atoms with Gasteiger partial charge in [-0.05, 0) is 62.6 Å². The molecular weight excluding hydrogens is 514 g/mol. The highest BCUT2D eigenvalue weighted by Gasteiger charge is 2.24. The molecule has 0 radical (unpaired) electrons. The lowest BCUT2D eigenvalue weighted by Gasteiger charge is -2.20. The maximum atomic E-state index is 12.5. The predicted octanol–water partition coefficient (Wildman–Crippen LogP) is 6.33. The zero-order valence-electron chi connectivity index (χ0n) is 22.6. The summed E-state index contributed by atoms with van der Waals surface area (Å²) in [6.45, 7) is 11.7. The van der Waals surface area contributed by atoms with Crippen molar-refractivity contribution < 1.29 is 14.3 Å². The standard InChI is InChI=1S/C30H34ClN5O3/c1-6-9-28(37)33-25-15-24(26(38-5)16-27(25)39-23-12-13-36(4)18-23)34-30-32-17-20(7-2)29(35-30)19(3)21-10-8-11-22(31)14-21/h6-7,9,11,14-17,23H,2-3,8,10,12-13,18H2,1,4-5H3,(H,33,37)(H,32,34,35)/b9-6+. The van der Waals surface area contributed by atoms with Crippen molar-refractivity contribution in [2.75, 3.05) is 37.9 Å². The van der Waals surface area contributed by atoms with Gasteiger partial charge in [0.25, 0.3) is 0 Å². The zero-order chi connectivity index (χ0) is 27.9. The molecule has 1 aliphatic heterocycles. The van der Waals surface area contributed by atoms with E-state index in [2.05, 4.69) is 40.7 Å². The highest BCUT2D eigenvalue weighted by Crippen LogP contribution is 2.39. The van der Waals surface area contributed by atoms with Crippen LogP contribution < -0.4 is 20.1 Å². The number of benzene rings is 1. The number of carbonyl (C=O) groups is 1. The molecule has 2 aromatic rings. The second-order valence-corrected chi connectivity index (χ2v) is 9.87. The zero-order valence-corrected chi connectivity index (χ0v) is 23.3. The number of hydrogen-bond donors (Lipinski definition) is 2. The quantitative estimate of drug-likeness (QED) is 0.336. The van der Waals surface area contributed by atoms with Gasteiger partial charge in [-0.15, -0.1) is 0 Å². The van der Waals surface area contributed by atoms with Crippen LogP contribution in [-0.4, -0.2) is 54.1 Å². The van der Waals surface area contributed by atoms with Gasteiger partial charge in [-0.25, -0.2) is 9.97 Å². The van der Waals surface area contributed by atoms with Crippen molar-refractivity contribution >= 4 is 46.5 Å². The number of carbonyl (C=O) groups excluding carboxylic acids is 1. The largest absolute Gasteiger partial charge is 0.494 e. The third-order valence-corrected chi connectivity index (χ3v) is 6.80. The minimum Gasteiger partial charge on any atom is -0.494 e. The van der Waals surface area contributed by atoms with Crippen molar-refractivity contribution in [3.63, 3.8) is 0 Å². The van der Waals surface area contributed by atoms with Gasteiger partial charge in [0.1, 0.15) is 17.6 Å². The molecule has 1 saturated heterocycles. The van der Waals surface area contributed by atoms with Crippen molar-refractivity contribution in [3.05, 3.63) is 77.7 Å². The first-order valence-corrected chi connectivity index (χ1v) is 13.2. The number of allylic oxidation sites excluding steroid dienone is 6. The van der Waals surface area contributed by atoms with Crippen molar-refractivity contribution in [1.29, 1.82) is 0 Å². The summed E-state index contributed by atoms with van der Waals surface area (Å²) in [5.41, 5.74) is 4.27. The molecule has 4 rings (SSSR count). The Bertz CT molecular complexity index is 1360. The second-order valence-electron chi connectivity index (χ2n) is 9.43. The van der Waals surface area contributed by atoms with Crippen LogP contribution in [0.5, 0.6) is 11.5 Å². The third-order valence-electron chi connectivity index (χ3n) is 6.54. The number of likely N-dealkylation sites (N-methyl/N-ethyl adjacent to an activating group) is 1. The average Bonchev–Trinajstić information content (AvgIpc) is 3.34. The molecule has 2 heterocycles. The first-order chi connectivity index (χ1) is 18.8. The number of anilines is 3. The van der Waals surface area contributed by atoms with E-state index in [9.17, 15) is 4.79 Å². The van der Waals surface area contributed by atoms with E-state index in [-0.39, 0.29) is 12.0 Å². The molecule has 1 unspecified atom stereocenters. The molecule has 39 heavy (non-hydrogen) atoms. The van der Waals surface area contributed by atoms with Gasteiger partial charge in [0.15, 0.2) is 0 Å². The molecule has 1 aromatic carbocycles. The smallest absolute Gasteiger partial charge is 0.248 e. The monoisotopic (exact) mass is 547 g/mol. The van der Waals surface area contributed by atoms with E-state index in [1.54, 1.807) is 44.5 Å². The van der Waals surface area contributed by atoms with Crippen molar-refractivity contribution in [2.24, 2.45) is 0 Å². The number of amides is 1. The van der Waals surface area contributed by atoms with Crippen molar-refractivity contribution in [2.45, 2.75) is 32.3 Å². The van der Waals surface area contributed by atoms with Crippen LogP contribution in [0.15, 0.2) is 66.4 Å². The minimum absolute atomic E-state index is 0.0108. The Morgan fingerprint density at radius 2 is 2.10 bits per heavy atom. The van der Waals surface area contributed by atoms with E-state index in [1.165, 1.54) is 6.08 Å². The van der Waals surface area contributed by atoms with Crippen LogP contribution >= 0.6 is 11.6 Å². The Morgan fingerprint density at radius 1 is 1.28 bits per heavy atom. The first-order valence-electron chi connectivity index (χ1n) is 12.8. The van der Waals surface area contributed by atoms with Crippen LogP contribution in [0, 0.1) is 0 Å². The molecule has 0 bridgehead atoms. The number of likely N-dealkylation sites (tertiary alicyclic amines) is 1. The summed E-state index contributed by atoms with van der Waals surface area (Å²) in [6, 6.07) is 3.53. The normalized spacial score (nSPS) is 17.4. The van der Waals surface area contributed by atoms with Gasteiger partial charge in [-0.1, -0.05) is 43.0 Å². The summed E-state index contributed by atoms with van der Waals surface area (Å²) in [7, 11) is 3.63. The van der Waals surface area contributed by atoms with E-state index in [0.717, 1.165) is 49.1 Å². The number of methoxy groups -OCH3 is 1. The summed E-state index contributed by atoms with van der Waals surface area (Å²) in [5, 5.41) is 6.85. The first kappa shape index (κ1) is 28.1. The molecule has 0 spiro atoms. The van der Waals surface area contributed by atoms with Crippen LogP contribution in [0.4, 0.5) is 17.3 Å². The minimum atomic E-state index is -0.263. The van der Waals surface area contributed by atoms with Crippen LogP contribution in [0.25, 0.3) is 11.6 Å². The van der Waals surface area contributed by atoms with Crippen molar-refractivity contribution in [3.8, 4) is 11.5 Å². The number of nitrogens with zero attached hydrogens (tertiary/aromatic N) is 3. The van der Waals surface area contributed by atoms with Crippen LogP contribution in [-0.2, 0) is 4.79 Å². The molecule has 2 N–H and O–H groups in total. The van der Waals surface area contributed by atoms with Gasteiger partial charge in [0.2, 0.25) is 11.9 Å². The van der Waals surface area contributed by atoms with E-state index >= 15 is 0 Å². The second kappa shape index (κ2) is 12.8. The molecule has 9 heteroatoms. The van der Waals surface area contributed by atoms with E-state index in [1.807, 2.05) is 12.2 Å². The van der Waals surface area contributed by atoms with Gasteiger partial charge in [0.05, 0.1) is 24.2 Å². The topological polar surface area (TPSA) is 88.6 Å². The van der Waals surface area contributed by atoms with E-state index in [0.29, 0.717) is 39.5 Å². The van der Waals surface area contributed by atoms with Gasteiger partial charge < -0.3 is 25.0 Å². The molecule has 204 valence electrons. The number of aromatic nitrogens is 2. The Morgan fingerprint density at radius 3 is 2.77 bits per heavy atom. The number of nitrogens with one attached hydrogen (secondary N) is 2. The van der Waals surface area contributed by atoms with Gasteiger partial charge >= 0.3 is 0 Å². The average molecular weight is 548 g/mol. The highest BCUT2D eigenvalue weighted by molar-refractivity contribution is 6.31. The highest BCUT2D eigenvalue weighted by atomic mass is 35.5. The maximum absolute atomic E-state index is 12.5. The van der Waals surface area contributed by atoms with Crippen LogP contribution in [0.1, 0.15) is 37.4 Å². The Kier molecular flexibility index (Phi) is 9.22. The Balaban J connectivity index is 1.68. The predicted molar refractivity (Wildman–Crippen MR) is 159 cm³/mol. The lowest BCUT2D eigenvalue weighted by molar-refractivity contribution is -0.111. The number of hydrogen-bond acceptors (Lipinski definition) is 7. The fourth-order valence-corrected chi connectivity index (χ4v) is 4.78. The molecule has 1 amide bonds. The number of ether oxygens (including phenoxy) is 2. The summed E-state index contributed by atoms with van der Waals surface area (Å²) < 4.78 is 12.0. The fourth-order valence-electron chi connectivity index (χ4n) is 4.54. The lowest BCUT2D eigenvalue weighted by atomic mass is 9.94. The molecule has 1 atom stereocenters. The molecule has 8 nitrogen and oxygen atoms in total. The summed E-state index contributed by atoms with van der Waals surface area (Å²) in [4.78, 5) is 23.9. The third kappa shape index (κ3) is 6.96. The lowest BCUT2D eigenvalue weighted by Crippen LogP contribution is -2.22. The van der Waals surface area contributed by atoms with Gasteiger partial charge in [-0.3, -0.25) is 4.79 Å². The summed E-state index contributed by atoms with van der Waals surface area (Å²) in [5.74, 6) is 1.12. The number of halogens is 1. The Labute approximate surface area is 234 Å². The molecule has 1 aromatic heterocycles. The van der Waals surface area contributed by atoms with E-state index in [4.69, 9.17) is 26.1 Å². The molecular formula is C30H34ClN5O3. The van der Waals surface area contributed by atoms with Gasteiger partial charge in [0, 0.05) is 35.9 Å².